The fourth-order valence-corrected chi connectivity index (χ4v) is 2.29. The Bertz CT molecular complexity index is 629. The van der Waals surface area contributed by atoms with Gasteiger partial charge in [-0.25, -0.2) is 34.7 Å². The van der Waals surface area contributed by atoms with Crippen molar-refractivity contribution in [3.63, 3.8) is 0 Å². The van der Waals surface area contributed by atoms with Gasteiger partial charge in [-0.1, -0.05) is 0 Å². The van der Waals surface area contributed by atoms with Gasteiger partial charge in [0.25, 0.3) is 0 Å². The molecule has 1 amide bonds. The molecular weight excluding hydrogens is 297 g/mol. The smallest absolute Gasteiger partial charge is 0.239 e. The van der Waals surface area contributed by atoms with E-state index in [2.05, 4.69) is 0 Å². The van der Waals surface area contributed by atoms with Crippen LogP contribution in [0, 0.1) is 29.1 Å². The monoisotopic (exact) mass is 303 g/mol. The first-order chi connectivity index (χ1) is 8.50. The van der Waals surface area contributed by atoms with E-state index in [1.165, 1.54) is 0 Å². The fourth-order valence-electron chi connectivity index (χ4n) is 1.33. The predicted octanol–water partition coefficient (Wildman–Crippen LogP) is 1.69. The Morgan fingerprint density at radius 1 is 0.895 bits per heavy atom. The number of nitrogens with zero attached hydrogens (tertiary/aromatic N) is 1. The zero-order chi connectivity index (χ0) is 15.1. The van der Waals surface area contributed by atoms with Crippen LogP contribution in [-0.4, -0.2) is 20.6 Å². The van der Waals surface area contributed by atoms with Gasteiger partial charge in [-0.05, 0) is 0 Å². The van der Waals surface area contributed by atoms with Crippen LogP contribution in [0.15, 0.2) is 0 Å². The van der Waals surface area contributed by atoms with E-state index >= 15 is 0 Å². The van der Waals surface area contributed by atoms with Crippen molar-refractivity contribution in [1.82, 2.24) is 0 Å². The summed E-state index contributed by atoms with van der Waals surface area (Å²) in [4.78, 5) is 11.1. The van der Waals surface area contributed by atoms with Crippen LogP contribution >= 0.6 is 0 Å². The highest BCUT2D eigenvalue weighted by atomic mass is 32.2. The summed E-state index contributed by atoms with van der Waals surface area (Å²) in [6.45, 7) is 0.596. The Hall–Kier alpha value is -1.71. The third-order valence-corrected chi connectivity index (χ3v) is 3.11. The summed E-state index contributed by atoms with van der Waals surface area (Å²) < 4.78 is 87.3. The summed E-state index contributed by atoms with van der Waals surface area (Å²) in [5.74, 6) is -13.4. The summed E-state index contributed by atoms with van der Waals surface area (Å²) in [6, 6.07) is 0. The maximum Gasteiger partial charge on any atom is 0.239 e. The van der Waals surface area contributed by atoms with E-state index in [4.69, 9.17) is 0 Å². The number of anilines is 1. The largest absolute Gasteiger partial charge is 0.274 e. The highest BCUT2D eigenvalue weighted by Crippen LogP contribution is 2.31. The predicted molar refractivity (Wildman–Crippen MR) is 54.2 cm³/mol. The number of carbonyl (C=O) groups excluding carboxylic acids is 1. The van der Waals surface area contributed by atoms with Crippen LogP contribution in [0.2, 0.25) is 0 Å². The number of amides is 1. The summed E-state index contributed by atoms with van der Waals surface area (Å²) in [5, 5.41) is 0. The first-order valence-electron chi connectivity index (χ1n) is 4.52. The molecule has 106 valence electrons. The van der Waals surface area contributed by atoms with Gasteiger partial charge < -0.3 is 0 Å². The van der Waals surface area contributed by atoms with E-state index in [0.717, 1.165) is 0 Å². The molecule has 0 aromatic heterocycles. The van der Waals surface area contributed by atoms with Crippen molar-refractivity contribution >= 4 is 21.6 Å². The van der Waals surface area contributed by atoms with E-state index in [-0.39, 0.29) is 0 Å². The second kappa shape index (κ2) is 4.76. The lowest BCUT2D eigenvalue weighted by atomic mass is 10.2. The zero-order valence-corrected chi connectivity index (χ0v) is 10.3. The van der Waals surface area contributed by atoms with Gasteiger partial charge in [0, 0.05) is 6.92 Å². The molecule has 19 heavy (non-hydrogen) atoms. The number of rotatable bonds is 2. The topological polar surface area (TPSA) is 54.5 Å². The van der Waals surface area contributed by atoms with Gasteiger partial charge in [-0.2, -0.15) is 0 Å². The second-order valence-electron chi connectivity index (χ2n) is 3.46. The van der Waals surface area contributed by atoms with Crippen molar-refractivity contribution < 1.29 is 35.2 Å². The Morgan fingerprint density at radius 3 is 1.47 bits per heavy atom. The normalized spacial score (nSPS) is 11.5. The molecule has 0 atom stereocenters. The quantitative estimate of drug-likeness (QED) is 0.475. The third-order valence-electron chi connectivity index (χ3n) is 2.01. The molecule has 0 saturated carbocycles. The van der Waals surface area contributed by atoms with Crippen molar-refractivity contribution in [1.29, 1.82) is 0 Å². The van der Waals surface area contributed by atoms with Crippen molar-refractivity contribution in [2.45, 2.75) is 6.92 Å². The van der Waals surface area contributed by atoms with Gasteiger partial charge in [-0.15, -0.1) is 0 Å². The molecule has 0 aliphatic rings. The molecule has 0 saturated heterocycles. The van der Waals surface area contributed by atoms with Crippen LogP contribution in [0.4, 0.5) is 27.6 Å². The molecule has 0 heterocycles. The lowest BCUT2D eigenvalue weighted by Gasteiger charge is -2.20. The van der Waals surface area contributed by atoms with Gasteiger partial charge in [-0.3, -0.25) is 4.79 Å². The number of hydrogen-bond acceptors (Lipinski definition) is 3. The van der Waals surface area contributed by atoms with Crippen LogP contribution < -0.4 is 4.31 Å². The zero-order valence-electron chi connectivity index (χ0n) is 9.47. The molecule has 10 heteroatoms. The van der Waals surface area contributed by atoms with E-state index in [1.807, 2.05) is 0 Å². The fraction of sp³-hybridized carbons (Fsp3) is 0.222. The van der Waals surface area contributed by atoms with Gasteiger partial charge in [0.05, 0.1) is 6.26 Å². The average Bonchev–Trinajstić information content (AvgIpc) is 2.27. The SMILES string of the molecule is CC(=O)N(c1c(F)c(F)c(F)c(F)c1F)S(C)(=O)=O. The molecule has 0 bridgehead atoms. The van der Waals surface area contributed by atoms with E-state index < -0.39 is 55.0 Å². The molecule has 1 aromatic carbocycles. The number of benzene rings is 1. The molecule has 0 unspecified atom stereocenters. The summed E-state index contributed by atoms with van der Waals surface area (Å²) in [6.07, 6.45) is 0.381. The van der Waals surface area contributed by atoms with Crippen LogP contribution in [0.1, 0.15) is 6.92 Å². The molecular formula is C9H6F5NO3S. The van der Waals surface area contributed by atoms with Crippen LogP contribution in [-0.2, 0) is 14.8 Å². The molecule has 0 radical (unpaired) electrons. The number of carbonyl (C=O) groups is 1. The first kappa shape index (κ1) is 15.3. The standard InChI is InChI=1S/C9H6F5NO3S/c1-3(16)15(19(2,17)18)9-7(13)5(11)4(10)6(12)8(9)14/h1-2H3. The molecule has 0 N–H and O–H groups in total. The van der Waals surface area contributed by atoms with Crippen molar-refractivity contribution in [3.05, 3.63) is 29.1 Å². The minimum absolute atomic E-state index is 0.381. The van der Waals surface area contributed by atoms with E-state index in [9.17, 15) is 35.2 Å². The maximum atomic E-state index is 13.4. The minimum atomic E-state index is -4.56. The molecule has 4 nitrogen and oxygen atoms in total. The number of sulfonamides is 1. The third kappa shape index (κ3) is 2.53. The van der Waals surface area contributed by atoms with Crippen LogP contribution in [0.5, 0.6) is 0 Å². The molecule has 1 aromatic rings. The van der Waals surface area contributed by atoms with Gasteiger partial charge in [0.2, 0.25) is 21.7 Å². The first-order valence-corrected chi connectivity index (χ1v) is 6.37. The van der Waals surface area contributed by atoms with E-state index in [1.54, 1.807) is 0 Å². The molecule has 0 aliphatic carbocycles. The van der Waals surface area contributed by atoms with Crippen molar-refractivity contribution in [2.24, 2.45) is 0 Å². The Morgan fingerprint density at radius 2 is 1.21 bits per heavy atom. The van der Waals surface area contributed by atoms with E-state index in [0.29, 0.717) is 13.2 Å². The molecule has 1 rings (SSSR count). The Kier molecular flexibility index (Phi) is 3.84. The van der Waals surface area contributed by atoms with Gasteiger partial charge in [0.15, 0.2) is 23.3 Å². The molecule has 0 aliphatic heterocycles. The van der Waals surface area contributed by atoms with Gasteiger partial charge >= 0.3 is 0 Å². The highest BCUT2D eigenvalue weighted by molar-refractivity contribution is 7.92. The molecule has 0 spiro atoms. The average molecular weight is 303 g/mol. The number of halogens is 5. The lowest BCUT2D eigenvalue weighted by molar-refractivity contribution is -0.115. The Balaban J connectivity index is 3.82. The lowest BCUT2D eigenvalue weighted by Crippen LogP contribution is -2.36. The minimum Gasteiger partial charge on any atom is -0.274 e. The van der Waals surface area contributed by atoms with Crippen molar-refractivity contribution in [3.8, 4) is 0 Å². The van der Waals surface area contributed by atoms with Crippen LogP contribution in [0.3, 0.4) is 0 Å². The highest BCUT2D eigenvalue weighted by Gasteiger charge is 2.34. The molecule has 0 fully saturated rings. The maximum absolute atomic E-state index is 13.4. The van der Waals surface area contributed by atoms with Gasteiger partial charge in [0.1, 0.15) is 5.69 Å². The Labute approximate surface area is 104 Å². The van der Waals surface area contributed by atoms with Crippen molar-refractivity contribution in [2.75, 3.05) is 10.6 Å². The summed E-state index contributed by atoms with van der Waals surface area (Å²) in [7, 11) is -4.56. The van der Waals surface area contributed by atoms with Crippen LogP contribution in [0.25, 0.3) is 0 Å². The summed E-state index contributed by atoms with van der Waals surface area (Å²) >= 11 is 0. The summed E-state index contributed by atoms with van der Waals surface area (Å²) in [5.41, 5.74) is -1.83. The number of hydrogen-bond donors (Lipinski definition) is 0. The second-order valence-corrected chi connectivity index (χ2v) is 5.30.